The first-order chi connectivity index (χ1) is 11.1. The third-order valence-electron chi connectivity index (χ3n) is 4.26. The zero-order valence-corrected chi connectivity index (χ0v) is 15.0. The maximum absolute atomic E-state index is 12.7. The Morgan fingerprint density at radius 3 is 2.92 bits per heavy atom. The maximum atomic E-state index is 12.7. The van der Waals surface area contributed by atoms with Gasteiger partial charge in [-0.1, -0.05) is 28.9 Å². The van der Waals surface area contributed by atoms with Gasteiger partial charge >= 0.3 is 0 Å². The van der Waals surface area contributed by atoms with Crippen molar-refractivity contribution < 1.29 is 9.32 Å². The topological polar surface area (TPSA) is 72.4 Å². The third-order valence-corrected chi connectivity index (χ3v) is 4.49. The van der Waals surface area contributed by atoms with E-state index in [9.17, 15) is 4.79 Å². The fraction of sp³-hybridized carbons (Fsp3) is 0.412. The summed E-state index contributed by atoms with van der Waals surface area (Å²) in [5.41, 5.74) is 7.14. The van der Waals surface area contributed by atoms with Crippen LogP contribution in [0.4, 0.5) is 0 Å². The van der Waals surface area contributed by atoms with E-state index in [1.165, 1.54) is 0 Å². The molecule has 2 N–H and O–H groups in total. The molecule has 2 heterocycles. The number of piperidine rings is 1. The first kappa shape index (κ1) is 18.8. The average molecular weight is 370 g/mol. The number of aromatic nitrogens is 1. The van der Waals surface area contributed by atoms with E-state index < -0.39 is 0 Å². The lowest BCUT2D eigenvalue weighted by Gasteiger charge is -2.37. The van der Waals surface area contributed by atoms with Crippen LogP contribution in [-0.2, 0) is 0 Å². The summed E-state index contributed by atoms with van der Waals surface area (Å²) in [6.07, 6.45) is 3.03. The Morgan fingerprint density at radius 2 is 2.21 bits per heavy atom. The molecule has 1 saturated heterocycles. The molecule has 1 aromatic carbocycles. The number of rotatable bonds is 3. The Bertz CT molecular complexity index is 703. The van der Waals surface area contributed by atoms with Crippen molar-refractivity contribution in [3.05, 3.63) is 41.0 Å². The van der Waals surface area contributed by atoms with Gasteiger partial charge in [0, 0.05) is 35.3 Å². The number of halogens is 2. The summed E-state index contributed by atoms with van der Waals surface area (Å²) in [4.78, 5) is 14.6. The first-order valence-corrected chi connectivity index (χ1v) is 8.23. The highest BCUT2D eigenvalue weighted by molar-refractivity contribution is 6.30. The molecule has 1 aromatic heterocycles. The van der Waals surface area contributed by atoms with Gasteiger partial charge in [-0.25, -0.2) is 0 Å². The van der Waals surface area contributed by atoms with Crippen LogP contribution in [0.2, 0.25) is 5.02 Å². The number of amides is 1. The molecule has 1 amide bonds. The minimum absolute atomic E-state index is 0. The lowest BCUT2D eigenvalue weighted by molar-refractivity contribution is 0.0573. The minimum Gasteiger partial charge on any atom is -0.355 e. The van der Waals surface area contributed by atoms with E-state index in [1.54, 1.807) is 18.2 Å². The second kappa shape index (κ2) is 8.01. The van der Waals surface area contributed by atoms with Crippen LogP contribution in [0.15, 0.2) is 34.9 Å². The molecule has 2 unspecified atom stereocenters. The number of benzene rings is 1. The third kappa shape index (κ3) is 3.91. The van der Waals surface area contributed by atoms with Crippen LogP contribution in [0.5, 0.6) is 0 Å². The molecule has 0 bridgehead atoms. The van der Waals surface area contributed by atoms with E-state index in [0.717, 1.165) is 24.8 Å². The van der Waals surface area contributed by atoms with E-state index in [0.29, 0.717) is 23.0 Å². The van der Waals surface area contributed by atoms with E-state index in [-0.39, 0.29) is 30.4 Å². The van der Waals surface area contributed by atoms with Gasteiger partial charge in [-0.05, 0) is 38.3 Å². The second-order valence-corrected chi connectivity index (χ2v) is 6.44. The highest BCUT2D eigenvalue weighted by atomic mass is 35.5. The van der Waals surface area contributed by atoms with Gasteiger partial charge in [-0.3, -0.25) is 4.79 Å². The Balaban J connectivity index is 0.00000208. The van der Waals surface area contributed by atoms with Crippen LogP contribution in [-0.4, -0.2) is 34.6 Å². The molecule has 1 aliphatic rings. The van der Waals surface area contributed by atoms with Gasteiger partial charge in [-0.2, -0.15) is 0 Å². The van der Waals surface area contributed by atoms with Crippen molar-refractivity contribution in [2.75, 3.05) is 6.54 Å². The smallest absolute Gasteiger partial charge is 0.276 e. The van der Waals surface area contributed by atoms with E-state index in [1.807, 2.05) is 24.0 Å². The highest BCUT2D eigenvalue weighted by Crippen LogP contribution is 2.26. The zero-order valence-electron chi connectivity index (χ0n) is 13.4. The van der Waals surface area contributed by atoms with Gasteiger partial charge in [0.25, 0.3) is 5.91 Å². The van der Waals surface area contributed by atoms with Crippen LogP contribution < -0.4 is 5.73 Å². The number of carbonyl (C=O) groups excluding carboxylic acids is 1. The van der Waals surface area contributed by atoms with Gasteiger partial charge in [0.05, 0.1) is 0 Å². The summed E-state index contributed by atoms with van der Waals surface area (Å²) in [5, 5.41) is 4.55. The van der Waals surface area contributed by atoms with Gasteiger partial charge < -0.3 is 15.2 Å². The highest BCUT2D eigenvalue weighted by Gasteiger charge is 2.31. The van der Waals surface area contributed by atoms with Crippen molar-refractivity contribution in [1.82, 2.24) is 10.1 Å². The number of hydrogen-bond donors (Lipinski definition) is 1. The van der Waals surface area contributed by atoms with Gasteiger partial charge in [0.1, 0.15) is 0 Å². The van der Waals surface area contributed by atoms with Crippen molar-refractivity contribution in [1.29, 1.82) is 0 Å². The molecule has 3 rings (SSSR count). The molecular formula is C17H21Cl2N3O2. The summed E-state index contributed by atoms with van der Waals surface area (Å²) in [5.74, 6) is 0.411. The molecule has 1 fully saturated rings. The molecule has 24 heavy (non-hydrogen) atoms. The van der Waals surface area contributed by atoms with E-state index in [2.05, 4.69) is 5.16 Å². The summed E-state index contributed by atoms with van der Waals surface area (Å²) in [6, 6.07) is 8.93. The van der Waals surface area contributed by atoms with Crippen molar-refractivity contribution >= 4 is 29.9 Å². The van der Waals surface area contributed by atoms with E-state index in [4.69, 9.17) is 21.9 Å². The summed E-state index contributed by atoms with van der Waals surface area (Å²) >= 11 is 5.99. The lowest BCUT2D eigenvalue weighted by Crippen LogP contribution is -2.51. The van der Waals surface area contributed by atoms with Crippen LogP contribution in [0.25, 0.3) is 11.3 Å². The first-order valence-electron chi connectivity index (χ1n) is 7.85. The Morgan fingerprint density at radius 1 is 1.42 bits per heavy atom. The average Bonchev–Trinajstić information content (AvgIpc) is 3.04. The normalized spacial score (nSPS) is 18.8. The molecule has 0 spiro atoms. The lowest BCUT2D eigenvalue weighted by atomic mass is 9.96. The Hall–Kier alpha value is -1.56. The minimum atomic E-state index is -0.121. The van der Waals surface area contributed by atoms with Crippen molar-refractivity contribution in [3.8, 4) is 11.3 Å². The molecule has 0 saturated carbocycles. The van der Waals surface area contributed by atoms with Gasteiger partial charge in [0.15, 0.2) is 11.5 Å². The molecule has 130 valence electrons. The van der Waals surface area contributed by atoms with Crippen molar-refractivity contribution in [3.63, 3.8) is 0 Å². The number of likely N-dealkylation sites (tertiary alicyclic amines) is 1. The molecule has 5 nitrogen and oxygen atoms in total. The fourth-order valence-electron chi connectivity index (χ4n) is 3.06. The van der Waals surface area contributed by atoms with Crippen molar-refractivity contribution in [2.24, 2.45) is 5.73 Å². The molecular weight excluding hydrogens is 349 g/mol. The Kier molecular flexibility index (Phi) is 6.27. The van der Waals surface area contributed by atoms with Crippen LogP contribution >= 0.6 is 24.0 Å². The molecule has 1 aliphatic heterocycles. The zero-order chi connectivity index (χ0) is 16.4. The summed E-state index contributed by atoms with van der Waals surface area (Å²) in [7, 11) is 0. The fourth-order valence-corrected chi connectivity index (χ4v) is 3.25. The quantitative estimate of drug-likeness (QED) is 0.893. The Labute approximate surface area is 152 Å². The van der Waals surface area contributed by atoms with Crippen LogP contribution in [0.1, 0.15) is 36.7 Å². The van der Waals surface area contributed by atoms with Crippen LogP contribution in [0.3, 0.4) is 0 Å². The molecule has 2 aromatic rings. The predicted octanol–water partition coefficient (Wildman–Crippen LogP) is 3.76. The molecule has 0 radical (unpaired) electrons. The SMILES string of the molecule is CC(N)C1CCCCN1C(=O)c1cc(-c2cccc(Cl)c2)on1.Cl. The second-order valence-electron chi connectivity index (χ2n) is 6.01. The maximum Gasteiger partial charge on any atom is 0.276 e. The number of hydrogen-bond acceptors (Lipinski definition) is 4. The monoisotopic (exact) mass is 369 g/mol. The standard InChI is InChI=1S/C17H20ClN3O2.ClH/c1-11(19)15-7-2-3-8-21(15)17(22)14-10-16(23-20-14)12-5-4-6-13(18)9-12;/h4-6,9-11,15H,2-3,7-8,19H2,1H3;1H. The van der Waals surface area contributed by atoms with E-state index >= 15 is 0 Å². The molecule has 2 atom stereocenters. The predicted molar refractivity (Wildman–Crippen MR) is 96.5 cm³/mol. The largest absolute Gasteiger partial charge is 0.355 e. The molecule has 0 aliphatic carbocycles. The van der Waals surface area contributed by atoms with Gasteiger partial charge in [0.2, 0.25) is 0 Å². The summed E-state index contributed by atoms with van der Waals surface area (Å²) < 4.78 is 5.33. The number of carbonyl (C=O) groups is 1. The van der Waals surface area contributed by atoms with Gasteiger partial charge in [-0.15, -0.1) is 12.4 Å². The van der Waals surface area contributed by atoms with Crippen LogP contribution in [0, 0.1) is 0 Å². The summed E-state index contributed by atoms with van der Waals surface area (Å²) in [6.45, 7) is 2.65. The number of nitrogens with zero attached hydrogens (tertiary/aromatic N) is 2. The molecule has 7 heteroatoms. The van der Waals surface area contributed by atoms with Crippen molar-refractivity contribution in [2.45, 2.75) is 38.3 Å². The number of nitrogens with two attached hydrogens (primary N) is 1.